The van der Waals surface area contributed by atoms with E-state index in [1.165, 1.54) is 6.92 Å². The van der Waals surface area contributed by atoms with Gasteiger partial charge in [0, 0.05) is 49.3 Å². The second-order valence-electron chi connectivity index (χ2n) is 9.49. The van der Waals surface area contributed by atoms with Gasteiger partial charge in [-0.05, 0) is 28.8 Å². The van der Waals surface area contributed by atoms with Crippen molar-refractivity contribution in [2.75, 3.05) is 5.32 Å². The van der Waals surface area contributed by atoms with Crippen molar-refractivity contribution in [1.82, 2.24) is 10.3 Å². The van der Waals surface area contributed by atoms with E-state index >= 15 is 0 Å². The van der Waals surface area contributed by atoms with E-state index in [2.05, 4.69) is 15.6 Å². The summed E-state index contributed by atoms with van der Waals surface area (Å²) in [6, 6.07) is 28.2. The monoisotopic (exact) mass is 519 g/mol. The largest absolute Gasteiger partial charge is 0.453 e. The summed E-state index contributed by atoms with van der Waals surface area (Å²) in [5.41, 5.74) is 4.57. The van der Waals surface area contributed by atoms with Crippen molar-refractivity contribution >= 4 is 23.5 Å². The van der Waals surface area contributed by atoms with Gasteiger partial charge in [-0.15, -0.1) is 0 Å². The number of ether oxygens (including phenoxy) is 1. The van der Waals surface area contributed by atoms with Crippen molar-refractivity contribution in [3.8, 4) is 0 Å². The molecule has 0 radical (unpaired) electrons. The Kier molecular flexibility index (Phi) is 7.78. The summed E-state index contributed by atoms with van der Waals surface area (Å²) in [6.07, 6.45) is 1.02. The Morgan fingerprint density at radius 1 is 0.795 bits per heavy atom. The molecular formula is C32H29N3O4. The minimum absolute atomic E-state index is 0.0109. The summed E-state index contributed by atoms with van der Waals surface area (Å²) in [4.78, 5) is 43.0. The number of carbonyl (C=O) groups excluding carboxylic acids is 3. The SMILES string of the molecule is CC(=O)OC1c2ccccc2C(=O)C(CC(=O)NCc2ccc(CNc3ccccn3)cc2)c2ccccc21. The van der Waals surface area contributed by atoms with E-state index in [4.69, 9.17) is 4.74 Å². The molecule has 7 heteroatoms. The Morgan fingerprint density at radius 3 is 2.13 bits per heavy atom. The van der Waals surface area contributed by atoms with Crippen molar-refractivity contribution < 1.29 is 19.1 Å². The fourth-order valence-corrected chi connectivity index (χ4v) is 4.90. The van der Waals surface area contributed by atoms with Crippen LogP contribution in [0.3, 0.4) is 0 Å². The molecule has 3 aromatic carbocycles. The van der Waals surface area contributed by atoms with Crippen LogP contribution in [0.5, 0.6) is 0 Å². The number of Topliss-reactive ketones (excluding diaryl/α,β-unsaturated/α-hetero) is 1. The summed E-state index contributed by atoms with van der Waals surface area (Å²) < 4.78 is 5.68. The lowest BCUT2D eigenvalue weighted by atomic mass is 9.87. The lowest BCUT2D eigenvalue weighted by Gasteiger charge is -2.20. The van der Waals surface area contributed by atoms with Gasteiger partial charge in [0.25, 0.3) is 0 Å². The number of carbonyl (C=O) groups is 3. The molecule has 0 aliphatic heterocycles. The third-order valence-corrected chi connectivity index (χ3v) is 6.80. The lowest BCUT2D eigenvalue weighted by Crippen LogP contribution is -2.27. The third-order valence-electron chi connectivity index (χ3n) is 6.80. The fraction of sp³-hybridized carbons (Fsp3) is 0.188. The normalized spacial score (nSPS) is 15.9. The summed E-state index contributed by atoms with van der Waals surface area (Å²) in [7, 11) is 0. The third kappa shape index (κ3) is 6.04. The quantitative estimate of drug-likeness (QED) is 0.305. The zero-order chi connectivity index (χ0) is 27.2. The molecule has 7 nitrogen and oxygen atoms in total. The first-order chi connectivity index (χ1) is 19.0. The molecule has 5 rings (SSSR count). The molecule has 1 aliphatic carbocycles. The molecule has 2 atom stereocenters. The summed E-state index contributed by atoms with van der Waals surface area (Å²) in [5, 5.41) is 6.23. The molecule has 1 amide bonds. The molecule has 2 unspecified atom stereocenters. The first-order valence-electron chi connectivity index (χ1n) is 12.9. The number of amides is 1. The van der Waals surface area contributed by atoms with Gasteiger partial charge in [0.05, 0.1) is 5.92 Å². The number of hydrogen-bond donors (Lipinski definition) is 2. The van der Waals surface area contributed by atoms with Crippen LogP contribution in [0.15, 0.2) is 97.2 Å². The minimum atomic E-state index is -0.711. The predicted octanol–water partition coefficient (Wildman–Crippen LogP) is 5.33. The first kappa shape index (κ1) is 25.9. The summed E-state index contributed by atoms with van der Waals surface area (Å²) in [6.45, 7) is 2.34. The Morgan fingerprint density at radius 2 is 1.44 bits per heavy atom. The maximum Gasteiger partial charge on any atom is 0.303 e. The highest BCUT2D eigenvalue weighted by Gasteiger charge is 2.36. The Hall–Kier alpha value is -4.78. The number of rotatable bonds is 8. The van der Waals surface area contributed by atoms with Crippen LogP contribution in [0.25, 0.3) is 0 Å². The zero-order valence-corrected chi connectivity index (χ0v) is 21.6. The highest BCUT2D eigenvalue weighted by atomic mass is 16.5. The van der Waals surface area contributed by atoms with Crippen LogP contribution in [0.2, 0.25) is 0 Å². The molecular weight excluding hydrogens is 490 g/mol. The average molecular weight is 520 g/mol. The fourth-order valence-electron chi connectivity index (χ4n) is 4.90. The van der Waals surface area contributed by atoms with Crippen molar-refractivity contribution in [1.29, 1.82) is 0 Å². The lowest BCUT2D eigenvalue weighted by molar-refractivity contribution is -0.144. The minimum Gasteiger partial charge on any atom is -0.453 e. The number of fused-ring (bicyclic) bond motifs is 2. The number of ketones is 1. The van der Waals surface area contributed by atoms with Crippen molar-refractivity contribution in [3.63, 3.8) is 0 Å². The Bertz CT molecular complexity index is 1490. The zero-order valence-electron chi connectivity index (χ0n) is 21.6. The maximum atomic E-state index is 13.7. The van der Waals surface area contributed by atoms with E-state index in [0.29, 0.717) is 29.8 Å². The van der Waals surface area contributed by atoms with Gasteiger partial charge in [-0.3, -0.25) is 14.4 Å². The molecule has 0 saturated carbocycles. The van der Waals surface area contributed by atoms with Crippen LogP contribution in [0.1, 0.15) is 63.5 Å². The van der Waals surface area contributed by atoms with Crippen LogP contribution in [-0.4, -0.2) is 22.6 Å². The number of nitrogens with one attached hydrogen (secondary N) is 2. The van der Waals surface area contributed by atoms with Crippen molar-refractivity contribution in [2.45, 2.75) is 38.5 Å². The number of esters is 1. The van der Waals surface area contributed by atoms with Crippen LogP contribution < -0.4 is 10.6 Å². The highest BCUT2D eigenvalue weighted by Crippen LogP contribution is 2.41. The Balaban J connectivity index is 1.28. The van der Waals surface area contributed by atoms with Crippen LogP contribution in [0, 0.1) is 0 Å². The van der Waals surface area contributed by atoms with E-state index in [-0.39, 0.29) is 18.1 Å². The average Bonchev–Trinajstić information content (AvgIpc) is 3.05. The molecule has 1 aromatic heterocycles. The van der Waals surface area contributed by atoms with E-state index in [1.807, 2.05) is 72.8 Å². The van der Waals surface area contributed by atoms with Gasteiger partial charge >= 0.3 is 5.97 Å². The van der Waals surface area contributed by atoms with Gasteiger partial charge in [-0.2, -0.15) is 0 Å². The Labute approximate surface area is 227 Å². The summed E-state index contributed by atoms with van der Waals surface area (Å²) >= 11 is 0. The number of hydrogen-bond acceptors (Lipinski definition) is 6. The first-order valence-corrected chi connectivity index (χ1v) is 12.9. The topological polar surface area (TPSA) is 97.4 Å². The van der Waals surface area contributed by atoms with Gasteiger partial charge in [-0.25, -0.2) is 4.98 Å². The maximum absolute atomic E-state index is 13.7. The van der Waals surface area contributed by atoms with Crippen LogP contribution in [0.4, 0.5) is 5.82 Å². The van der Waals surface area contributed by atoms with Gasteiger partial charge in [0.1, 0.15) is 5.82 Å². The molecule has 1 heterocycles. The molecule has 0 bridgehead atoms. The van der Waals surface area contributed by atoms with E-state index in [0.717, 1.165) is 22.5 Å². The van der Waals surface area contributed by atoms with E-state index < -0.39 is 18.0 Å². The second-order valence-corrected chi connectivity index (χ2v) is 9.49. The van der Waals surface area contributed by atoms with Gasteiger partial charge in [0.15, 0.2) is 11.9 Å². The predicted molar refractivity (Wildman–Crippen MR) is 148 cm³/mol. The number of nitrogens with zero attached hydrogens (tertiary/aromatic N) is 1. The molecule has 39 heavy (non-hydrogen) atoms. The van der Waals surface area contributed by atoms with Crippen molar-refractivity contribution in [2.24, 2.45) is 0 Å². The smallest absolute Gasteiger partial charge is 0.303 e. The van der Waals surface area contributed by atoms with Crippen LogP contribution >= 0.6 is 0 Å². The molecule has 2 N–H and O–H groups in total. The molecule has 196 valence electrons. The molecule has 0 spiro atoms. The molecule has 0 fully saturated rings. The molecule has 0 saturated heterocycles. The number of pyridine rings is 1. The van der Waals surface area contributed by atoms with Crippen molar-refractivity contribution in [3.05, 3.63) is 131 Å². The van der Waals surface area contributed by atoms with Gasteiger partial charge in [-0.1, -0.05) is 78.9 Å². The molecule has 4 aromatic rings. The number of aromatic nitrogens is 1. The second kappa shape index (κ2) is 11.7. The van der Waals surface area contributed by atoms with Gasteiger partial charge < -0.3 is 15.4 Å². The van der Waals surface area contributed by atoms with E-state index in [1.54, 1.807) is 24.4 Å². The number of benzene rings is 3. The van der Waals surface area contributed by atoms with E-state index in [9.17, 15) is 14.4 Å². The van der Waals surface area contributed by atoms with Gasteiger partial charge in [0.2, 0.25) is 5.91 Å². The molecule has 1 aliphatic rings. The van der Waals surface area contributed by atoms with Crippen LogP contribution in [-0.2, 0) is 27.4 Å². The highest BCUT2D eigenvalue weighted by molar-refractivity contribution is 6.05. The number of anilines is 1. The standard InChI is InChI=1S/C32H29N3O4/c1-21(36)39-32-26-10-4-2-8-24(26)28(31(38)25-9-3-5-11-27(25)32)18-30(37)35-20-23-15-13-22(14-16-23)19-34-29-12-6-7-17-33-29/h2-17,28,32H,18-20H2,1H3,(H,33,34)(H,35,37). The summed E-state index contributed by atoms with van der Waals surface area (Å²) in [5.74, 6) is -0.708.